The maximum Gasteiger partial charge on any atom is 0.410 e. The van der Waals surface area contributed by atoms with Gasteiger partial charge in [-0.05, 0) is 53.2 Å². The molecule has 0 aromatic carbocycles. The predicted octanol–water partition coefficient (Wildman–Crippen LogP) is 2.52. The van der Waals surface area contributed by atoms with E-state index in [1.807, 2.05) is 25.7 Å². The maximum absolute atomic E-state index is 12.4. The van der Waals surface area contributed by atoms with Crippen LogP contribution in [0.2, 0.25) is 0 Å². The fraction of sp³-hybridized carbons (Fsp3) is 0.938. The topological polar surface area (TPSA) is 36.0 Å². The number of ether oxygens (including phenoxy) is 1. The van der Waals surface area contributed by atoms with Crippen LogP contribution in [0.5, 0.6) is 0 Å². The van der Waals surface area contributed by atoms with Gasteiger partial charge in [-0.15, -0.1) is 0 Å². The standard InChI is InChI=1S/C16H31F2N3O2/c1-16(2,3)23-15(22)19(4)7-5-8-20-9-6-10-21(12-11-20)13-14(17)18/h14H,5-13H2,1-4H3. The van der Waals surface area contributed by atoms with Gasteiger partial charge in [-0.25, -0.2) is 13.6 Å². The zero-order valence-corrected chi connectivity index (χ0v) is 14.9. The monoisotopic (exact) mass is 335 g/mol. The van der Waals surface area contributed by atoms with E-state index in [0.29, 0.717) is 13.1 Å². The first-order valence-corrected chi connectivity index (χ1v) is 8.34. The van der Waals surface area contributed by atoms with Gasteiger partial charge in [0.2, 0.25) is 0 Å². The number of nitrogens with zero attached hydrogens (tertiary/aromatic N) is 3. The van der Waals surface area contributed by atoms with Gasteiger partial charge in [-0.1, -0.05) is 0 Å². The zero-order chi connectivity index (χ0) is 17.5. The molecule has 0 aromatic heterocycles. The normalized spacial score (nSPS) is 18.0. The Kier molecular flexibility index (Phi) is 8.19. The van der Waals surface area contributed by atoms with Crippen LogP contribution in [0.4, 0.5) is 13.6 Å². The summed E-state index contributed by atoms with van der Waals surface area (Å²) in [6, 6.07) is 0. The second kappa shape index (κ2) is 9.37. The average Bonchev–Trinajstić information content (AvgIpc) is 2.61. The SMILES string of the molecule is CN(CCCN1CCCN(CC(F)F)CC1)C(=O)OC(C)(C)C. The Bertz CT molecular complexity index is 362. The Morgan fingerprint density at radius 1 is 1.17 bits per heavy atom. The van der Waals surface area contributed by atoms with E-state index in [0.717, 1.165) is 39.0 Å². The van der Waals surface area contributed by atoms with Crippen LogP contribution in [0.15, 0.2) is 0 Å². The first kappa shape index (κ1) is 20.1. The zero-order valence-electron chi connectivity index (χ0n) is 14.9. The third-order valence-corrected chi connectivity index (χ3v) is 3.75. The Hall–Kier alpha value is -0.950. The van der Waals surface area contributed by atoms with Gasteiger partial charge in [0.25, 0.3) is 6.43 Å². The molecule has 1 rings (SSSR count). The van der Waals surface area contributed by atoms with Crippen LogP contribution in [0, 0.1) is 0 Å². The van der Waals surface area contributed by atoms with Crippen LogP contribution in [-0.4, -0.2) is 85.7 Å². The van der Waals surface area contributed by atoms with Gasteiger partial charge in [-0.2, -0.15) is 0 Å². The number of carbonyl (C=O) groups is 1. The van der Waals surface area contributed by atoms with E-state index in [1.165, 1.54) is 0 Å². The maximum atomic E-state index is 12.4. The lowest BCUT2D eigenvalue weighted by Crippen LogP contribution is -2.37. The quantitative estimate of drug-likeness (QED) is 0.747. The van der Waals surface area contributed by atoms with E-state index in [-0.39, 0.29) is 12.6 Å². The van der Waals surface area contributed by atoms with Crippen molar-refractivity contribution in [2.24, 2.45) is 0 Å². The molecular weight excluding hydrogens is 304 g/mol. The van der Waals surface area contributed by atoms with E-state index in [2.05, 4.69) is 4.90 Å². The summed E-state index contributed by atoms with van der Waals surface area (Å²) in [4.78, 5) is 17.6. The van der Waals surface area contributed by atoms with E-state index in [9.17, 15) is 13.6 Å². The van der Waals surface area contributed by atoms with Crippen molar-refractivity contribution in [3.05, 3.63) is 0 Å². The molecule has 1 fully saturated rings. The molecule has 0 spiro atoms. The minimum absolute atomic E-state index is 0.130. The second-order valence-corrected chi connectivity index (χ2v) is 7.14. The van der Waals surface area contributed by atoms with E-state index >= 15 is 0 Å². The molecule has 7 heteroatoms. The summed E-state index contributed by atoms with van der Waals surface area (Å²) < 4.78 is 30.2. The van der Waals surface area contributed by atoms with Crippen molar-refractivity contribution < 1.29 is 18.3 Å². The Labute approximate surface area is 138 Å². The molecule has 1 aliphatic rings. The number of halogens is 2. The first-order valence-electron chi connectivity index (χ1n) is 8.34. The highest BCUT2D eigenvalue weighted by atomic mass is 19.3. The summed E-state index contributed by atoms with van der Waals surface area (Å²) in [5.41, 5.74) is -0.482. The van der Waals surface area contributed by atoms with Gasteiger partial charge in [-0.3, -0.25) is 4.90 Å². The fourth-order valence-electron chi connectivity index (χ4n) is 2.59. The van der Waals surface area contributed by atoms with Gasteiger partial charge < -0.3 is 14.5 Å². The lowest BCUT2D eigenvalue weighted by atomic mass is 10.2. The van der Waals surface area contributed by atoms with Crippen molar-refractivity contribution >= 4 is 6.09 Å². The van der Waals surface area contributed by atoms with E-state index < -0.39 is 12.0 Å². The Morgan fingerprint density at radius 2 is 1.78 bits per heavy atom. The molecule has 1 amide bonds. The van der Waals surface area contributed by atoms with Crippen LogP contribution >= 0.6 is 0 Å². The number of hydrogen-bond acceptors (Lipinski definition) is 4. The van der Waals surface area contributed by atoms with Crippen molar-refractivity contribution in [1.82, 2.24) is 14.7 Å². The van der Waals surface area contributed by atoms with E-state index in [4.69, 9.17) is 4.74 Å². The largest absolute Gasteiger partial charge is 0.444 e. The molecule has 1 aliphatic heterocycles. The van der Waals surface area contributed by atoms with Crippen LogP contribution in [0.1, 0.15) is 33.6 Å². The minimum Gasteiger partial charge on any atom is -0.444 e. The van der Waals surface area contributed by atoms with Gasteiger partial charge in [0.1, 0.15) is 5.60 Å². The van der Waals surface area contributed by atoms with Gasteiger partial charge in [0.15, 0.2) is 0 Å². The molecule has 1 saturated heterocycles. The average molecular weight is 335 g/mol. The molecular formula is C16H31F2N3O2. The van der Waals surface area contributed by atoms with Crippen molar-refractivity contribution in [3.8, 4) is 0 Å². The van der Waals surface area contributed by atoms with Crippen LogP contribution < -0.4 is 0 Å². The summed E-state index contributed by atoms with van der Waals surface area (Å²) in [7, 11) is 1.74. The van der Waals surface area contributed by atoms with Crippen LogP contribution in [-0.2, 0) is 4.74 Å². The molecule has 23 heavy (non-hydrogen) atoms. The first-order chi connectivity index (χ1) is 10.7. The lowest BCUT2D eigenvalue weighted by molar-refractivity contribution is 0.0293. The summed E-state index contributed by atoms with van der Waals surface area (Å²) in [6.07, 6.45) is -0.806. The molecule has 0 N–H and O–H groups in total. The van der Waals surface area contributed by atoms with Crippen LogP contribution in [0.3, 0.4) is 0 Å². The molecule has 0 radical (unpaired) electrons. The highest BCUT2D eigenvalue weighted by Gasteiger charge is 2.20. The van der Waals surface area contributed by atoms with Crippen molar-refractivity contribution in [2.45, 2.75) is 45.6 Å². The molecule has 0 atom stereocenters. The molecule has 0 aliphatic carbocycles. The Balaban J connectivity index is 2.24. The predicted molar refractivity (Wildman–Crippen MR) is 87.0 cm³/mol. The molecule has 5 nitrogen and oxygen atoms in total. The van der Waals surface area contributed by atoms with Crippen molar-refractivity contribution in [1.29, 1.82) is 0 Å². The summed E-state index contributed by atoms with van der Waals surface area (Å²) in [5, 5.41) is 0. The summed E-state index contributed by atoms with van der Waals surface area (Å²) in [6.45, 7) is 10.1. The Morgan fingerprint density at radius 3 is 2.39 bits per heavy atom. The number of alkyl halides is 2. The highest BCUT2D eigenvalue weighted by Crippen LogP contribution is 2.10. The number of carbonyl (C=O) groups excluding carboxylic acids is 1. The molecule has 0 unspecified atom stereocenters. The van der Waals surface area contributed by atoms with Gasteiger partial charge in [0, 0.05) is 26.7 Å². The van der Waals surface area contributed by atoms with E-state index in [1.54, 1.807) is 11.9 Å². The highest BCUT2D eigenvalue weighted by molar-refractivity contribution is 5.67. The fourth-order valence-corrected chi connectivity index (χ4v) is 2.59. The molecule has 0 aromatic rings. The third kappa shape index (κ3) is 9.05. The molecule has 136 valence electrons. The molecule has 1 heterocycles. The number of amides is 1. The molecule has 0 bridgehead atoms. The summed E-state index contributed by atoms with van der Waals surface area (Å²) >= 11 is 0. The summed E-state index contributed by atoms with van der Waals surface area (Å²) in [5.74, 6) is 0. The van der Waals surface area contributed by atoms with Gasteiger partial charge >= 0.3 is 6.09 Å². The minimum atomic E-state index is -2.26. The number of rotatable bonds is 6. The third-order valence-electron chi connectivity index (χ3n) is 3.75. The number of hydrogen-bond donors (Lipinski definition) is 0. The van der Waals surface area contributed by atoms with Gasteiger partial charge in [0.05, 0.1) is 6.54 Å². The van der Waals surface area contributed by atoms with Crippen LogP contribution in [0.25, 0.3) is 0 Å². The second-order valence-electron chi connectivity index (χ2n) is 7.14. The smallest absolute Gasteiger partial charge is 0.410 e. The molecule has 0 saturated carbocycles. The van der Waals surface area contributed by atoms with Crippen molar-refractivity contribution in [3.63, 3.8) is 0 Å². The lowest BCUT2D eigenvalue weighted by Gasteiger charge is -2.26. The van der Waals surface area contributed by atoms with Crippen molar-refractivity contribution in [2.75, 3.05) is 52.9 Å².